The number of rotatable bonds is 8. The van der Waals surface area contributed by atoms with Crippen molar-refractivity contribution in [3.05, 3.63) is 53.8 Å². The number of hydrogen-bond donors (Lipinski definition) is 0. The Kier molecular flexibility index (Phi) is 11.1. The molecule has 194 valence electrons. The summed E-state index contributed by atoms with van der Waals surface area (Å²) in [5, 5.41) is 0. The molecule has 3 aliphatic heterocycles. The van der Waals surface area contributed by atoms with Crippen LogP contribution in [0.2, 0.25) is 0 Å². The van der Waals surface area contributed by atoms with Crippen LogP contribution in [0.1, 0.15) is 24.3 Å². The number of halogens is 3. The third kappa shape index (κ3) is 7.54. The normalized spacial score (nSPS) is 22.2. The predicted octanol–water partition coefficient (Wildman–Crippen LogP) is 5.21. The first-order chi connectivity index (χ1) is 16.2. The van der Waals surface area contributed by atoms with Gasteiger partial charge in [0.15, 0.2) is 11.5 Å². The summed E-state index contributed by atoms with van der Waals surface area (Å²) < 4.78 is 38.5. The van der Waals surface area contributed by atoms with Gasteiger partial charge in [0.05, 0.1) is 13.2 Å². The Balaban J connectivity index is 0.00000171. The second kappa shape index (κ2) is 13.8. The maximum absolute atomic E-state index is 13.5. The fourth-order valence-corrected chi connectivity index (χ4v) is 5.65. The lowest BCUT2D eigenvalue weighted by atomic mass is 9.80. The largest absolute Gasteiger partial charge is 0.493 e. The maximum Gasteiger partial charge on any atom is 0.231 e. The molecule has 5 rings (SSSR count). The van der Waals surface area contributed by atoms with Gasteiger partial charge in [-0.05, 0) is 61.7 Å². The van der Waals surface area contributed by atoms with Crippen molar-refractivity contribution in [1.29, 1.82) is 0 Å². The van der Waals surface area contributed by atoms with Gasteiger partial charge in [0.1, 0.15) is 17.5 Å². The van der Waals surface area contributed by atoms with E-state index < -0.39 is 0 Å². The monoisotopic (exact) mass is 546 g/mol. The van der Waals surface area contributed by atoms with Crippen LogP contribution in [0.4, 0.5) is 4.39 Å². The summed E-state index contributed by atoms with van der Waals surface area (Å²) in [5.74, 6) is 3.53. The van der Waals surface area contributed by atoms with Crippen LogP contribution in [0, 0.1) is 11.7 Å². The Morgan fingerprint density at radius 3 is 2.63 bits per heavy atom. The van der Waals surface area contributed by atoms with Gasteiger partial charge in [-0.2, -0.15) is 0 Å². The van der Waals surface area contributed by atoms with Crippen LogP contribution in [-0.2, 0) is 4.74 Å². The van der Waals surface area contributed by atoms with Crippen molar-refractivity contribution in [1.82, 2.24) is 9.21 Å². The average molecular weight is 548 g/mol. The highest BCUT2D eigenvalue weighted by molar-refractivity contribution is 7.96. The van der Waals surface area contributed by atoms with Crippen LogP contribution in [-0.4, -0.2) is 67.9 Å². The zero-order valence-corrected chi connectivity index (χ0v) is 22.1. The maximum atomic E-state index is 13.5. The molecule has 2 fully saturated rings. The Bertz CT molecular complexity index is 921. The van der Waals surface area contributed by atoms with Crippen molar-refractivity contribution in [2.24, 2.45) is 5.92 Å². The smallest absolute Gasteiger partial charge is 0.231 e. The number of piperidine rings is 1. The Hall–Kier alpha value is -1.42. The highest BCUT2D eigenvalue weighted by atomic mass is 35.5. The van der Waals surface area contributed by atoms with Crippen LogP contribution < -0.4 is 14.2 Å². The standard InChI is InChI=1S/C25H31FN2O4S.2ClH/c26-21-4-2-19(3-5-21)23-8-11-27(9-1-10-28-12-13-29-18-33-28)15-20(23)16-30-22-6-7-24-25(14-22)32-17-31-24;;/h2-7,14,20,23H,1,8-13,15-18H2;2*1H/t20-,23-;;/m1../s1. The van der Waals surface area contributed by atoms with Gasteiger partial charge < -0.3 is 23.8 Å². The van der Waals surface area contributed by atoms with Gasteiger partial charge in [-0.1, -0.05) is 24.1 Å². The number of hydrogen-bond acceptors (Lipinski definition) is 7. The topological polar surface area (TPSA) is 43.4 Å². The van der Waals surface area contributed by atoms with Crippen LogP contribution in [0.3, 0.4) is 0 Å². The summed E-state index contributed by atoms with van der Waals surface area (Å²) in [7, 11) is 0. The summed E-state index contributed by atoms with van der Waals surface area (Å²) in [6.45, 7) is 6.89. The predicted molar refractivity (Wildman–Crippen MR) is 141 cm³/mol. The molecule has 2 atom stereocenters. The second-order valence-electron chi connectivity index (χ2n) is 8.77. The molecule has 0 spiro atoms. The summed E-state index contributed by atoms with van der Waals surface area (Å²) in [6, 6.07) is 12.7. The molecule has 2 saturated heterocycles. The van der Waals surface area contributed by atoms with Gasteiger partial charge in [-0.3, -0.25) is 0 Å². The number of benzene rings is 2. The fourth-order valence-electron chi connectivity index (χ4n) is 4.85. The average Bonchev–Trinajstić information content (AvgIpc) is 3.32. The van der Waals surface area contributed by atoms with E-state index in [1.54, 1.807) is 24.1 Å². The van der Waals surface area contributed by atoms with Crippen molar-refractivity contribution < 1.29 is 23.3 Å². The lowest BCUT2D eigenvalue weighted by molar-refractivity contribution is 0.106. The van der Waals surface area contributed by atoms with Gasteiger partial charge >= 0.3 is 0 Å². The molecule has 2 aromatic carbocycles. The molecule has 6 nitrogen and oxygen atoms in total. The number of likely N-dealkylation sites (tertiary alicyclic amines) is 1. The minimum atomic E-state index is -0.190. The highest BCUT2D eigenvalue weighted by Crippen LogP contribution is 2.37. The summed E-state index contributed by atoms with van der Waals surface area (Å²) >= 11 is 1.79. The molecule has 0 saturated carbocycles. The van der Waals surface area contributed by atoms with Crippen LogP contribution in [0.25, 0.3) is 0 Å². The molecule has 0 bridgehead atoms. The van der Waals surface area contributed by atoms with E-state index in [1.165, 1.54) is 5.56 Å². The highest BCUT2D eigenvalue weighted by Gasteiger charge is 2.31. The first-order valence-corrected chi connectivity index (χ1v) is 12.6. The molecule has 10 heteroatoms. The van der Waals surface area contributed by atoms with Crippen LogP contribution >= 0.6 is 36.8 Å². The van der Waals surface area contributed by atoms with Crippen molar-refractivity contribution >= 4 is 36.8 Å². The first-order valence-electron chi connectivity index (χ1n) is 11.7. The molecule has 0 radical (unpaired) electrons. The molecular formula is C25H33Cl2FN2O4S. The van der Waals surface area contributed by atoms with Gasteiger partial charge in [-0.15, -0.1) is 24.8 Å². The van der Waals surface area contributed by atoms with Crippen molar-refractivity contribution in [3.63, 3.8) is 0 Å². The summed E-state index contributed by atoms with van der Waals surface area (Å²) in [4.78, 5) is 2.55. The molecule has 0 aliphatic carbocycles. The first kappa shape index (κ1) is 28.2. The Morgan fingerprint density at radius 1 is 1.00 bits per heavy atom. The van der Waals surface area contributed by atoms with Crippen molar-refractivity contribution in [3.8, 4) is 17.2 Å². The molecule has 3 aliphatic rings. The Morgan fingerprint density at radius 2 is 1.83 bits per heavy atom. The van der Waals surface area contributed by atoms with Crippen molar-refractivity contribution in [2.45, 2.75) is 18.8 Å². The van der Waals surface area contributed by atoms with E-state index in [0.29, 0.717) is 18.4 Å². The second-order valence-corrected chi connectivity index (χ2v) is 9.78. The molecular weight excluding hydrogens is 514 g/mol. The van der Waals surface area contributed by atoms with E-state index in [2.05, 4.69) is 9.21 Å². The molecule has 0 N–H and O–H groups in total. The third-order valence-corrected chi connectivity index (χ3v) is 7.61. The third-order valence-electron chi connectivity index (χ3n) is 6.61. The molecule has 0 unspecified atom stereocenters. The van der Waals surface area contributed by atoms with E-state index in [-0.39, 0.29) is 37.4 Å². The molecule has 3 heterocycles. The van der Waals surface area contributed by atoms with Gasteiger partial charge in [-0.25, -0.2) is 8.70 Å². The van der Waals surface area contributed by atoms with Crippen LogP contribution in [0.5, 0.6) is 17.2 Å². The van der Waals surface area contributed by atoms with Crippen LogP contribution in [0.15, 0.2) is 42.5 Å². The number of ether oxygens (including phenoxy) is 4. The lowest BCUT2D eigenvalue weighted by Crippen LogP contribution is -2.43. The van der Waals surface area contributed by atoms with Gasteiger partial charge in [0.2, 0.25) is 6.79 Å². The van der Waals surface area contributed by atoms with Crippen molar-refractivity contribution in [2.75, 3.05) is 58.7 Å². The number of fused-ring (bicyclic) bond motifs is 1. The van der Waals surface area contributed by atoms with E-state index in [4.69, 9.17) is 18.9 Å². The van der Waals surface area contributed by atoms with E-state index in [0.717, 1.165) is 75.4 Å². The summed E-state index contributed by atoms with van der Waals surface area (Å²) in [6.07, 6.45) is 2.19. The molecule has 0 aromatic heterocycles. The van der Waals surface area contributed by atoms with E-state index in [1.807, 2.05) is 30.3 Å². The zero-order valence-electron chi connectivity index (χ0n) is 19.6. The Labute approximate surface area is 223 Å². The quantitative estimate of drug-likeness (QED) is 0.421. The molecule has 0 amide bonds. The minimum absolute atomic E-state index is 0. The molecule has 35 heavy (non-hydrogen) atoms. The van der Waals surface area contributed by atoms with E-state index in [9.17, 15) is 4.39 Å². The van der Waals surface area contributed by atoms with Gasteiger partial charge in [0.25, 0.3) is 0 Å². The SMILES string of the molecule is Cl.Cl.Fc1ccc([C@H]2CCN(CCCN3CCOCS3)C[C@@H]2COc2ccc3c(c2)OCO3)cc1. The molecule has 2 aromatic rings. The zero-order chi connectivity index (χ0) is 22.5. The lowest BCUT2D eigenvalue weighted by Gasteiger charge is -2.39. The fraction of sp³-hybridized carbons (Fsp3) is 0.520. The van der Waals surface area contributed by atoms with E-state index >= 15 is 0 Å². The minimum Gasteiger partial charge on any atom is -0.493 e. The number of nitrogens with zero attached hydrogens (tertiary/aromatic N) is 2. The van der Waals surface area contributed by atoms with Gasteiger partial charge in [0, 0.05) is 31.6 Å². The summed E-state index contributed by atoms with van der Waals surface area (Å²) in [5.41, 5.74) is 1.19.